The Morgan fingerprint density at radius 2 is 1.68 bits per heavy atom. The molecular formula is C17H22IN3O. The molecule has 0 aliphatic rings. The Hall–Kier alpha value is -1.60. The van der Waals surface area contributed by atoms with Crippen molar-refractivity contribution < 1.29 is 4.74 Å². The number of hydrogen-bond donors (Lipinski definition) is 2. The predicted molar refractivity (Wildman–Crippen MR) is 103 cm³/mol. The summed E-state index contributed by atoms with van der Waals surface area (Å²) in [7, 11) is 0. The lowest BCUT2D eigenvalue weighted by Gasteiger charge is -2.09. The van der Waals surface area contributed by atoms with Crippen molar-refractivity contribution in [1.82, 2.24) is 0 Å². The third-order valence-corrected chi connectivity index (χ3v) is 3.05. The number of benzene rings is 2. The fourth-order valence-electron chi connectivity index (χ4n) is 1.94. The van der Waals surface area contributed by atoms with E-state index >= 15 is 0 Å². The molecule has 2 aromatic rings. The van der Waals surface area contributed by atoms with Crippen LogP contribution < -0.4 is 11.1 Å². The predicted octanol–water partition coefficient (Wildman–Crippen LogP) is 3.77. The number of nitrogens with two attached hydrogens (primary N) is 1. The average molecular weight is 411 g/mol. The van der Waals surface area contributed by atoms with Gasteiger partial charge in [-0.1, -0.05) is 42.5 Å². The molecule has 0 unspecified atom stereocenters. The first kappa shape index (κ1) is 18.4. The van der Waals surface area contributed by atoms with Crippen molar-refractivity contribution >= 4 is 35.6 Å². The highest BCUT2D eigenvalue weighted by molar-refractivity contribution is 14.0. The van der Waals surface area contributed by atoms with Crippen LogP contribution >= 0.6 is 24.0 Å². The van der Waals surface area contributed by atoms with Gasteiger partial charge in [0.05, 0.1) is 13.2 Å². The van der Waals surface area contributed by atoms with Crippen molar-refractivity contribution in [3.05, 3.63) is 65.7 Å². The number of nitrogens with one attached hydrogen (secondary N) is 1. The molecule has 0 aliphatic heterocycles. The summed E-state index contributed by atoms with van der Waals surface area (Å²) in [6.07, 6.45) is 0. The minimum atomic E-state index is 0. The number of rotatable bonds is 6. The van der Waals surface area contributed by atoms with Gasteiger partial charge in [0.15, 0.2) is 5.96 Å². The number of nitrogens with zero attached hydrogens (tertiary/aromatic N) is 1. The van der Waals surface area contributed by atoms with Gasteiger partial charge in [-0.3, -0.25) is 0 Å². The van der Waals surface area contributed by atoms with E-state index in [1.54, 1.807) is 0 Å². The Morgan fingerprint density at radius 1 is 1.05 bits per heavy atom. The Bertz CT molecular complexity index is 587. The molecule has 5 heteroatoms. The Balaban J connectivity index is 0.00000242. The number of ether oxygens (including phenoxy) is 1. The average Bonchev–Trinajstić information content (AvgIpc) is 2.52. The van der Waals surface area contributed by atoms with Crippen molar-refractivity contribution in [2.45, 2.75) is 20.1 Å². The summed E-state index contributed by atoms with van der Waals surface area (Å²) >= 11 is 0. The molecule has 0 aliphatic carbocycles. The molecule has 4 nitrogen and oxygen atoms in total. The minimum absolute atomic E-state index is 0. The van der Waals surface area contributed by atoms with Crippen molar-refractivity contribution in [1.29, 1.82) is 0 Å². The van der Waals surface area contributed by atoms with Gasteiger partial charge in [-0.2, -0.15) is 0 Å². The molecule has 0 saturated heterocycles. The van der Waals surface area contributed by atoms with Crippen LogP contribution in [-0.4, -0.2) is 12.6 Å². The van der Waals surface area contributed by atoms with E-state index in [1.807, 2.05) is 55.5 Å². The molecule has 0 fully saturated rings. The van der Waals surface area contributed by atoms with Gasteiger partial charge in [-0.15, -0.1) is 24.0 Å². The molecule has 0 spiro atoms. The van der Waals surface area contributed by atoms with Crippen LogP contribution in [0.1, 0.15) is 18.1 Å². The summed E-state index contributed by atoms with van der Waals surface area (Å²) in [5.74, 6) is 0.410. The third-order valence-electron chi connectivity index (χ3n) is 3.05. The highest BCUT2D eigenvalue weighted by Crippen LogP contribution is 2.12. The van der Waals surface area contributed by atoms with E-state index in [1.165, 1.54) is 0 Å². The molecule has 0 heterocycles. The number of halogens is 1. The summed E-state index contributed by atoms with van der Waals surface area (Å²) in [5.41, 5.74) is 9.12. The van der Waals surface area contributed by atoms with Crippen LogP contribution in [0.2, 0.25) is 0 Å². The van der Waals surface area contributed by atoms with Crippen molar-refractivity contribution in [2.24, 2.45) is 10.7 Å². The Kier molecular flexibility index (Phi) is 8.54. The molecule has 0 atom stereocenters. The van der Waals surface area contributed by atoms with Gasteiger partial charge < -0.3 is 15.8 Å². The number of para-hydroxylation sites is 1. The molecule has 3 N–H and O–H groups in total. The van der Waals surface area contributed by atoms with Gasteiger partial charge in [0, 0.05) is 12.3 Å². The maximum absolute atomic E-state index is 5.91. The summed E-state index contributed by atoms with van der Waals surface area (Å²) in [4.78, 5) is 4.39. The molecule has 118 valence electrons. The van der Waals surface area contributed by atoms with Crippen molar-refractivity contribution in [3.8, 4) is 0 Å². The van der Waals surface area contributed by atoms with Gasteiger partial charge in [0.1, 0.15) is 0 Å². The fourth-order valence-corrected chi connectivity index (χ4v) is 1.94. The molecule has 0 saturated carbocycles. The number of hydrogen-bond acceptors (Lipinski definition) is 2. The monoisotopic (exact) mass is 411 g/mol. The number of anilines is 1. The summed E-state index contributed by atoms with van der Waals surface area (Å²) in [6.45, 7) is 3.83. The Morgan fingerprint density at radius 3 is 2.36 bits per heavy atom. The number of guanidine groups is 1. The zero-order valence-electron chi connectivity index (χ0n) is 12.7. The highest BCUT2D eigenvalue weighted by atomic mass is 127. The van der Waals surface area contributed by atoms with Crippen molar-refractivity contribution in [2.75, 3.05) is 11.9 Å². The quantitative estimate of drug-likeness (QED) is 0.432. The SMILES string of the molecule is CCOCc1ccccc1CN=C(N)Nc1ccccc1.I. The molecule has 2 aromatic carbocycles. The van der Waals surface area contributed by atoms with E-state index in [0.717, 1.165) is 16.8 Å². The van der Waals surface area contributed by atoms with Crippen LogP contribution in [0.3, 0.4) is 0 Å². The lowest BCUT2D eigenvalue weighted by Crippen LogP contribution is -2.22. The first-order valence-corrected chi connectivity index (χ1v) is 7.06. The van der Waals surface area contributed by atoms with Gasteiger partial charge in [0.25, 0.3) is 0 Å². The van der Waals surface area contributed by atoms with E-state index in [-0.39, 0.29) is 24.0 Å². The lowest BCUT2D eigenvalue weighted by atomic mass is 10.1. The molecular weight excluding hydrogens is 389 g/mol. The van der Waals surface area contributed by atoms with E-state index in [2.05, 4.69) is 16.4 Å². The molecule has 0 bridgehead atoms. The highest BCUT2D eigenvalue weighted by Gasteiger charge is 2.01. The molecule has 0 radical (unpaired) electrons. The van der Waals surface area contributed by atoms with Crippen LogP contribution in [-0.2, 0) is 17.9 Å². The van der Waals surface area contributed by atoms with Crippen LogP contribution in [0, 0.1) is 0 Å². The maximum atomic E-state index is 5.91. The molecule has 0 amide bonds. The normalized spacial score (nSPS) is 10.9. The second-order valence-corrected chi connectivity index (χ2v) is 4.60. The zero-order chi connectivity index (χ0) is 14.9. The molecule has 2 rings (SSSR count). The van der Waals surface area contributed by atoms with E-state index < -0.39 is 0 Å². The second kappa shape index (κ2) is 10.2. The summed E-state index contributed by atoms with van der Waals surface area (Å²) in [5, 5.41) is 3.07. The van der Waals surface area contributed by atoms with Crippen LogP contribution in [0.5, 0.6) is 0 Å². The topological polar surface area (TPSA) is 59.6 Å². The van der Waals surface area contributed by atoms with E-state index in [4.69, 9.17) is 10.5 Å². The second-order valence-electron chi connectivity index (χ2n) is 4.60. The fraction of sp³-hybridized carbons (Fsp3) is 0.235. The number of aliphatic imine (C=N–C) groups is 1. The molecule has 0 aromatic heterocycles. The van der Waals surface area contributed by atoms with Gasteiger partial charge in [-0.25, -0.2) is 4.99 Å². The van der Waals surface area contributed by atoms with Crippen molar-refractivity contribution in [3.63, 3.8) is 0 Å². The van der Waals surface area contributed by atoms with Gasteiger partial charge in [-0.05, 0) is 30.2 Å². The minimum Gasteiger partial charge on any atom is -0.377 e. The van der Waals surface area contributed by atoms with Gasteiger partial charge >= 0.3 is 0 Å². The van der Waals surface area contributed by atoms with E-state index in [0.29, 0.717) is 25.7 Å². The molecule has 22 heavy (non-hydrogen) atoms. The van der Waals surface area contributed by atoms with Crippen LogP contribution in [0.4, 0.5) is 5.69 Å². The standard InChI is InChI=1S/C17H21N3O.HI/c1-2-21-13-15-9-7-6-8-14(15)12-19-17(18)20-16-10-4-3-5-11-16;/h3-11H,2,12-13H2,1H3,(H3,18,19,20);1H. The van der Waals surface area contributed by atoms with E-state index in [9.17, 15) is 0 Å². The Labute approximate surface area is 148 Å². The first-order chi connectivity index (χ1) is 10.3. The summed E-state index contributed by atoms with van der Waals surface area (Å²) < 4.78 is 5.47. The summed E-state index contributed by atoms with van der Waals surface area (Å²) in [6, 6.07) is 17.9. The zero-order valence-corrected chi connectivity index (χ0v) is 15.0. The van der Waals surface area contributed by atoms with Crippen LogP contribution in [0.15, 0.2) is 59.6 Å². The smallest absolute Gasteiger partial charge is 0.193 e. The third kappa shape index (κ3) is 6.03. The first-order valence-electron chi connectivity index (χ1n) is 7.06. The largest absolute Gasteiger partial charge is 0.377 e. The van der Waals surface area contributed by atoms with Gasteiger partial charge in [0.2, 0.25) is 0 Å². The maximum Gasteiger partial charge on any atom is 0.193 e. The lowest BCUT2D eigenvalue weighted by molar-refractivity contribution is 0.133. The van der Waals surface area contributed by atoms with Crippen LogP contribution in [0.25, 0.3) is 0 Å².